The highest BCUT2D eigenvalue weighted by Gasteiger charge is 2.41. The maximum atomic E-state index is 12.2. The highest BCUT2D eigenvalue weighted by atomic mass is 35.5. The van der Waals surface area contributed by atoms with E-state index in [4.69, 9.17) is 22.1 Å². The molecule has 0 saturated carbocycles. The van der Waals surface area contributed by atoms with Gasteiger partial charge in [-0.05, 0) is 49.2 Å². The van der Waals surface area contributed by atoms with Crippen LogP contribution in [0.15, 0.2) is 42.5 Å². The van der Waals surface area contributed by atoms with Crippen LogP contribution in [-0.4, -0.2) is 22.7 Å². The number of carbonyl (C=O) groups excluding carboxylic acids is 1. The minimum atomic E-state index is -0.816. The molecule has 0 radical (unpaired) electrons. The molecular weight excluding hydrogens is 352 g/mol. The number of aliphatic hydroxyl groups excluding tert-OH is 1. The maximum absolute atomic E-state index is 12.2. The summed E-state index contributed by atoms with van der Waals surface area (Å²) in [5.74, 6) is 0.559. The highest BCUT2D eigenvalue weighted by molar-refractivity contribution is 6.30. The summed E-state index contributed by atoms with van der Waals surface area (Å²) in [4.78, 5) is 12.2. The normalized spacial score (nSPS) is 20.8. The molecule has 3 rings (SSSR count). The van der Waals surface area contributed by atoms with Crippen molar-refractivity contribution in [2.24, 2.45) is 5.73 Å². The van der Waals surface area contributed by atoms with Gasteiger partial charge in [-0.2, -0.15) is 0 Å². The number of nitrogens with two attached hydrogens (primary N) is 1. The van der Waals surface area contributed by atoms with Gasteiger partial charge in [-0.15, -0.1) is 0 Å². The van der Waals surface area contributed by atoms with Gasteiger partial charge in [-0.25, -0.2) is 0 Å². The van der Waals surface area contributed by atoms with Crippen molar-refractivity contribution >= 4 is 17.5 Å². The van der Waals surface area contributed by atoms with Crippen molar-refractivity contribution in [3.05, 3.63) is 64.2 Å². The first-order chi connectivity index (χ1) is 12.3. The molecule has 2 atom stereocenters. The first-order valence-corrected chi connectivity index (χ1v) is 8.91. The molecule has 2 unspecified atom stereocenters. The zero-order valence-electron chi connectivity index (χ0n) is 14.8. The Balaban J connectivity index is 1.65. The van der Waals surface area contributed by atoms with E-state index in [1.807, 2.05) is 30.3 Å². The molecule has 0 aromatic heterocycles. The molecule has 2 aromatic rings. The monoisotopic (exact) mass is 374 g/mol. The van der Waals surface area contributed by atoms with Gasteiger partial charge in [0.2, 0.25) is 5.91 Å². The quantitative estimate of drug-likeness (QED) is 0.768. The molecule has 26 heavy (non-hydrogen) atoms. The Hall–Kier alpha value is -2.08. The smallest absolute Gasteiger partial charge is 0.224 e. The number of halogens is 1. The number of amides is 1. The van der Waals surface area contributed by atoms with Gasteiger partial charge < -0.3 is 20.9 Å². The zero-order valence-corrected chi connectivity index (χ0v) is 15.6. The number of ether oxygens (including phenoxy) is 1. The number of hydrogen-bond acceptors (Lipinski definition) is 4. The number of carbonyl (C=O) groups is 1. The molecule has 5 nitrogen and oxygen atoms in total. The molecule has 1 aliphatic heterocycles. The van der Waals surface area contributed by atoms with E-state index < -0.39 is 17.7 Å². The predicted molar refractivity (Wildman–Crippen MR) is 101 cm³/mol. The molecule has 1 amide bonds. The van der Waals surface area contributed by atoms with Crippen molar-refractivity contribution in [1.82, 2.24) is 5.32 Å². The van der Waals surface area contributed by atoms with E-state index in [1.54, 1.807) is 26.0 Å². The van der Waals surface area contributed by atoms with Gasteiger partial charge in [-0.3, -0.25) is 4.79 Å². The van der Waals surface area contributed by atoms with Crippen molar-refractivity contribution in [3.63, 3.8) is 0 Å². The third kappa shape index (κ3) is 4.01. The summed E-state index contributed by atoms with van der Waals surface area (Å²) in [6, 6.07) is 12.3. The lowest BCUT2D eigenvalue weighted by molar-refractivity contribution is -0.120. The van der Waals surface area contributed by atoms with Gasteiger partial charge in [-0.1, -0.05) is 29.8 Å². The number of hydrogen-bond donors (Lipinski definition) is 3. The van der Waals surface area contributed by atoms with Crippen LogP contribution < -0.4 is 15.8 Å². The summed E-state index contributed by atoms with van der Waals surface area (Å²) in [5, 5.41) is 13.9. The Morgan fingerprint density at radius 2 is 1.88 bits per heavy atom. The van der Waals surface area contributed by atoms with Gasteiger partial charge in [0.15, 0.2) is 0 Å². The zero-order chi connectivity index (χ0) is 18.9. The van der Waals surface area contributed by atoms with Crippen LogP contribution in [0, 0.1) is 0 Å². The van der Waals surface area contributed by atoms with Crippen LogP contribution in [0.5, 0.6) is 5.75 Å². The number of rotatable bonds is 4. The molecule has 0 saturated heterocycles. The number of nitrogens with one attached hydrogen (secondary N) is 1. The molecule has 0 aliphatic carbocycles. The van der Waals surface area contributed by atoms with Gasteiger partial charge >= 0.3 is 0 Å². The third-order valence-electron chi connectivity index (χ3n) is 4.63. The summed E-state index contributed by atoms with van der Waals surface area (Å²) in [6.07, 6.45) is -0.587. The van der Waals surface area contributed by atoms with Crippen molar-refractivity contribution in [3.8, 4) is 5.75 Å². The first kappa shape index (κ1) is 18.7. The van der Waals surface area contributed by atoms with Gasteiger partial charge in [0.05, 0.1) is 12.5 Å². The Bertz CT molecular complexity index is 805. The molecule has 4 N–H and O–H groups in total. The Morgan fingerprint density at radius 3 is 2.58 bits per heavy atom. The lowest BCUT2D eigenvalue weighted by Crippen LogP contribution is -2.51. The second kappa shape index (κ2) is 7.27. The van der Waals surface area contributed by atoms with Gasteiger partial charge in [0.1, 0.15) is 17.5 Å². The molecule has 1 aliphatic rings. The summed E-state index contributed by atoms with van der Waals surface area (Å²) in [5.41, 5.74) is 7.95. The Morgan fingerprint density at radius 1 is 1.23 bits per heavy atom. The Labute approximate surface area is 158 Å². The lowest BCUT2D eigenvalue weighted by atomic mass is 9.86. The molecule has 138 valence electrons. The lowest BCUT2D eigenvalue weighted by Gasteiger charge is -2.40. The number of aliphatic hydroxyl groups is 1. The fraction of sp³-hybridized carbons (Fsp3) is 0.350. The third-order valence-corrected chi connectivity index (χ3v) is 4.88. The first-order valence-electron chi connectivity index (χ1n) is 8.53. The van der Waals surface area contributed by atoms with Crippen molar-refractivity contribution in [2.45, 2.75) is 44.6 Å². The van der Waals surface area contributed by atoms with Gasteiger partial charge in [0.25, 0.3) is 0 Å². The van der Waals surface area contributed by atoms with Crippen molar-refractivity contribution in [1.29, 1.82) is 0 Å². The maximum Gasteiger partial charge on any atom is 0.224 e. The second-order valence-electron chi connectivity index (χ2n) is 7.13. The van der Waals surface area contributed by atoms with Crippen molar-refractivity contribution in [2.75, 3.05) is 0 Å². The summed E-state index contributed by atoms with van der Waals surface area (Å²) >= 11 is 5.85. The molecule has 0 spiro atoms. The minimum absolute atomic E-state index is 0.0916. The standard InChI is InChI=1S/C20H23ClN2O3/c1-20(2)19(25)18(22)15-9-13(5-8-16(15)26-20)10-17(24)23-11-12-3-6-14(21)7-4-12/h3-9,18-19,25H,10-11,22H2,1-2H3,(H,23,24). The number of fused-ring (bicyclic) bond motifs is 1. The van der Waals surface area contributed by atoms with E-state index in [1.165, 1.54) is 0 Å². The number of benzene rings is 2. The topological polar surface area (TPSA) is 84.6 Å². The molecule has 0 bridgehead atoms. The molecule has 6 heteroatoms. The average molecular weight is 375 g/mol. The molecule has 1 heterocycles. The van der Waals surface area contributed by atoms with Crippen LogP contribution >= 0.6 is 11.6 Å². The van der Waals surface area contributed by atoms with E-state index in [0.717, 1.165) is 16.7 Å². The van der Waals surface area contributed by atoms with Crippen LogP contribution in [0.4, 0.5) is 0 Å². The SMILES string of the molecule is CC1(C)Oc2ccc(CC(=O)NCc3ccc(Cl)cc3)cc2C(N)C1O. The fourth-order valence-corrected chi connectivity index (χ4v) is 3.18. The largest absolute Gasteiger partial charge is 0.485 e. The summed E-state index contributed by atoms with van der Waals surface area (Å²) in [7, 11) is 0. The summed E-state index contributed by atoms with van der Waals surface area (Å²) in [6.45, 7) is 4.05. The fourth-order valence-electron chi connectivity index (χ4n) is 3.06. The van der Waals surface area contributed by atoms with Gasteiger partial charge in [0, 0.05) is 17.1 Å². The second-order valence-corrected chi connectivity index (χ2v) is 7.56. The highest BCUT2D eigenvalue weighted by Crippen LogP contribution is 2.38. The van der Waals surface area contributed by atoms with E-state index in [-0.39, 0.29) is 12.3 Å². The van der Waals surface area contributed by atoms with Crippen LogP contribution in [-0.2, 0) is 17.8 Å². The van der Waals surface area contributed by atoms with E-state index in [0.29, 0.717) is 17.3 Å². The molecule has 2 aromatic carbocycles. The van der Waals surface area contributed by atoms with E-state index >= 15 is 0 Å². The van der Waals surface area contributed by atoms with E-state index in [2.05, 4.69) is 5.32 Å². The molecule has 0 fully saturated rings. The van der Waals surface area contributed by atoms with Crippen LogP contribution in [0.3, 0.4) is 0 Å². The minimum Gasteiger partial charge on any atom is -0.485 e. The summed E-state index contributed by atoms with van der Waals surface area (Å²) < 4.78 is 5.84. The van der Waals surface area contributed by atoms with E-state index in [9.17, 15) is 9.90 Å². The van der Waals surface area contributed by atoms with Crippen molar-refractivity contribution < 1.29 is 14.6 Å². The average Bonchev–Trinajstić information content (AvgIpc) is 2.60. The van der Waals surface area contributed by atoms with Crippen LogP contribution in [0.2, 0.25) is 5.02 Å². The van der Waals surface area contributed by atoms with Crippen LogP contribution in [0.25, 0.3) is 0 Å². The molecular formula is C20H23ClN2O3. The van der Waals surface area contributed by atoms with Crippen LogP contribution in [0.1, 0.15) is 36.6 Å². The predicted octanol–water partition coefficient (Wildman–Crippen LogP) is 2.73. The Kier molecular flexibility index (Phi) is 5.23.